The highest BCUT2D eigenvalue weighted by Crippen LogP contribution is 2.54. The highest BCUT2D eigenvalue weighted by Gasteiger charge is 2.38. The zero-order chi connectivity index (χ0) is 23.1. The van der Waals surface area contributed by atoms with Gasteiger partial charge in [-0.1, -0.05) is 32.0 Å². The third-order valence-electron chi connectivity index (χ3n) is 9.26. The molecule has 0 aliphatic heterocycles. The molecule has 0 amide bonds. The topological polar surface area (TPSA) is 3.88 Å². The zero-order valence-corrected chi connectivity index (χ0v) is 20.5. The quantitative estimate of drug-likeness (QED) is 0.366. The maximum Gasteiger partial charge on any atom is 0.220 e. The van der Waals surface area contributed by atoms with E-state index >= 15 is 0 Å². The largest absolute Gasteiger partial charge is 0.220 e. The van der Waals surface area contributed by atoms with E-state index in [1.165, 1.54) is 72.7 Å². The number of rotatable bonds is 2. The van der Waals surface area contributed by atoms with Crippen molar-refractivity contribution in [1.29, 1.82) is 0 Å². The fourth-order valence-electron chi connectivity index (χ4n) is 7.07. The van der Waals surface area contributed by atoms with Crippen LogP contribution in [0.3, 0.4) is 0 Å². The van der Waals surface area contributed by atoms with Crippen molar-refractivity contribution in [3.63, 3.8) is 0 Å². The summed E-state index contributed by atoms with van der Waals surface area (Å²) in [5, 5.41) is 2.36. The molecular formula is C31H38N+. The summed E-state index contributed by atoms with van der Waals surface area (Å²) in [6.45, 7) is 9.22. The third-order valence-corrected chi connectivity index (χ3v) is 9.26. The van der Waals surface area contributed by atoms with Crippen molar-refractivity contribution >= 4 is 10.8 Å². The second-order valence-corrected chi connectivity index (χ2v) is 11.9. The fourth-order valence-corrected chi connectivity index (χ4v) is 7.07. The Morgan fingerprint density at radius 2 is 1.59 bits per heavy atom. The van der Waals surface area contributed by atoms with Gasteiger partial charge >= 0.3 is 0 Å². The van der Waals surface area contributed by atoms with E-state index in [0.29, 0.717) is 17.4 Å². The van der Waals surface area contributed by atoms with Crippen molar-refractivity contribution in [3.8, 4) is 11.3 Å². The molecule has 166 valence electrons. The summed E-state index contributed by atoms with van der Waals surface area (Å²) in [5.74, 6) is 2.19. The highest BCUT2D eigenvalue weighted by atomic mass is 14.9. The van der Waals surface area contributed by atoms with Crippen LogP contribution in [0.5, 0.6) is 0 Å². The number of aromatic nitrogens is 1. The van der Waals surface area contributed by atoms with E-state index in [4.69, 9.17) is 1.37 Å². The Hall–Kier alpha value is -2.15. The second-order valence-electron chi connectivity index (χ2n) is 11.9. The van der Waals surface area contributed by atoms with Crippen LogP contribution in [0.1, 0.15) is 106 Å². The van der Waals surface area contributed by atoms with E-state index in [9.17, 15) is 0 Å². The molecule has 2 atom stereocenters. The Morgan fingerprint density at radius 1 is 0.906 bits per heavy atom. The van der Waals surface area contributed by atoms with Gasteiger partial charge < -0.3 is 0 Å². The summed E-state index contributed by atoms with van der Waals surface area (Å²) in [4.78, 5) is 0. The Bertz CT molecular complexity index is 1270. The minimum Gasteiger partial charge on any atom is -0.198 e. The Morgan fingerprint density at radius 3 is 2.31 bits per heavy atom. The van der Waals surface area contributed by atoms with Crippen LogP contribution in [0, 0.1) is 19.3 Å². The van der Waals surface area contributed by atoms with E-state index in [-0.39, 0.29) is 0 Å². The zero-order valence-electron chi connectivity index (χ0n) is 21.5. The molecule has 3 aliphatic carbocycles. The first-order chi connectivity index (χ1) is 15.7. The lowest BCUT2D eigenvalue weighted by Gasteiger charge is -2.34. The van der Waals surface area contributed by atoms with Gasteiger partial charge in [0.05, 0.1) is 12.3 Å². The van der Waals surface area contributed by atoms with E-state index in [0.717, 1.165) is 22.9 Å². The van der Waals surface area contributed by atoms with Crippen LogP contribution in [0.25, 0.3) is 22.0 Å². The number of pyridine rings is 1. The summed E-state index contributed by atoms with van der Waals surface area (Å²) >= 11 is 0. The molecule has 32 heavy (non-hydrogen) atoms. The average molecular weight is 426 g/mol. The molecule has 1 nitrogen and oxygen atoms in total. The fraction of sp³-hybridized carbons (Fsp3) is 0.516. The summed E-state index contributed by atoms with van der Waals surface area (Å²) in [6, 6.07) is 12.8. The van der Waals surface area contributed by atoms with Crippen molar-refractivity contribution < 1.29 is 5.94 Å². The standard InChI is InChI=1S/C31H38N/c1-19-14-28-23-6-7-24(17-23)29(28)18-27(19)30-26-9-8-22(16-25(26)15-20(2)32(30)5)21-10-12-31(3,4)13-11-21/h8-9,14-16,18,21,23-24H,6-7,10-13,17H2,1-5H3/q+1/i15D. The Kier molecular flexibility index (Phi) is 4.33. The molecule has 2 fully saturated rings. The maximum atomic E-state index is 8.98. The van der Waals surface area contributed by atoms with Gasteiger partial charge in [-0.05, 0) is 115 Å². The van der Waals surface area contributed by atoms with Crippen molar-refractivity contribution in [3.05, 3.63) is 64.3 Å². The number of aryl methyl sites for hydroxylation is 1. The molecule has 3 aliphatic rings. The number of benzene rings is 2. The first-order valence-corrected chi connectivity index (χ1v) is 12.8. The lowest BCUT2D eigenvalue weighted by atomic mass is 9.71. The molecular weight excluding hydrogens is 386 g/mol. The van der Waals surface area contributed by atoms with Gasteiger partial charge in [0.25, 0.3) is 0 Å². The molecule has 3 aromatic rings. The van der Waals surface area contributed by atoms with Crippen LogP contribution < -0.4 is 4.57 Å². The van der Waals surface area contributed by atoms with Gasteiger partial charge in [0.15, 0.2) is 5.69 Å². The van der Waals surface area contributed by atoms with E-state index in [1.54, 1.807) is 11.1 Å². The summed E-state index contributed by atoms with van der Waals surface area (Å²) in [6.07, 6.45) is 9.23. The van der Waals surface area contributed by atoms with Gasteiger partial charge in [-0.25, -0.2) is 0 Å². The van der Waals surface area contributed by atoms with Crippen molar-refractivity contribution in [2.45, 2.75) is 90.4 Å². The van der Waals surface area contributed by atoms with Gasteiger partial charge in [-0.15, -0.1) is 0 Å². The van der Waals surface area contributed by atoms with Crippen LogP contribution in [0.15, 0.2) is 36.4 Å². The molecule has 0 radical (unpaired) electrons. The molecule has 0 spiro atoms. The Balaban J connectivity index is 1.50. The van der Waals surface area contributed by atoms with Gasteiger partial charge in [-0.2, -0.15) is 4.57 Å². The van der Waals surface area contributed by atoms with E-state index < -0.39 is 0 Å². The molecule has 2 aromatic carbocycles. The molecule has 1 aromatic heterocycles. The Labute approximate surface area is 195 Å². The van der Waals surface area contributed by atoms with Crippen LogP contribution >= 0.6 is 0 Å². The predicted octanol–water partition coefficient (Wildman–Crippen LogP) is 8.00. The molecule has 2 unspecified atom stereocenters. The second kappa shape index (κ2) is 7.17. The lowest BCUT2D eigenvalue weighted by molar-refractivity contribution is -0.665. The smallest absolute Gasteiger partial charge is 0.198 e. The summed E-state index contributed by atoms with van der Waals surface area (Å²) in [5.41, 5.74) is 10.2. The minimum atomic E-state index is 0.482. The summed E-state index contributed by atoms with van der Waals surface area (Å²) < 4.78 is 11.3. The van der Waals surface area contributed by atoms with E-state index in [1.807, 2.05) is 0 Å². The molecule has 6 rings (SSSR count). The van der Waals surface area contributed by atoms with Crippen LogP contribution in [0.4, 0.5) is 0 Å². The van der Waals surface area contributed by atoms with Gasteiger partial charge in [0, 0.05) is 13.0 Å². The lowest BCUT2D eigenvalue weighted by Crippen LogP contribution is -2.35. The molecule has 2 bridgehead atoms. The van der Waals surface area contributed by atoms with Gasteiger partial charge in [0.2, 0.25) is 5.69 Å². The minimum absolute atomic E-state index is 0.482. The van der Waals surface area contributed by atoms with Crippen molar-refractivity contribution in [2.75, 3.05) is 0 Å². The monoisotopic (exact) mass is 425 g/mol. The number of hydrogen-bond donors (Lipinski definition) is 0. The number of hydrogen-bond acceptors (Lipinski definition) is 0. The molecule has 0 N–H and O–H groups in total. The van der Waals surface area contributed by atoms with Gasteiger partial charge in [-0.3, -0.25) is 0 Å². The third kappa shape index (κ3) is 3.15. The highest BCUT2D eigenvalue weighted by molar-refractivity contribution is 5.94. The number of fused-ring (bicyclic) bond motifs is 6. The van der Waals surface area contributed by atoms with Crippen molar-refractivity contribution in [1.82, 2.24) is 0 Å². The molecule has 1 heteroatoms. The van der Waals surface area contributed by atoms with Gasteiger partial charge in [0.1, 0.15) is 7.05 Å². The van der Waals surface area contributed by atoms with Crippen molar-refractivity contribution in [2.24, 2.45) is 12.5 Å². The first kappa shape index (κ1) is 19.3. The molecule has 1 heterocycles. The normalized spacial score (nSPS) is 24.7. The van der Waals surface area contributed by atoms with Crippen LogP contribution in [-0.2, 0) is 7.05 Å². The number of nitrogens with zero attached hydrogens (tertiary/aromatic N) is 1. The molecule has 0 saturated heterocycles. The first-order valence-electron chi connectivity index (χ1n) is 13.3. The SMILES string of the molecule is [2H]c1c(C)[n+](C)c(-c2cc3c(cc2C)C2CCC3C2)c2ccc(C3CCC(C)(C)CC3)cc12. The molecule has 2 saturated carbocycles. The average Bonchev–Trinajstić information content (AvgIpc) is 3.40. The van der Waals surface area contributed by atoms with E-state index in [2.05, 4.69) is 69.6 Å². The van der Waals surface area contributed by atoms with Crippen LogP contribution in [0.2, 0.25) is 0 Å². The maximum absolute atomic E-state index is 8.98. The summed E-state index contributed by atoms with van der Waals surface area (Å²) in [7, 11) is 2.15. The predicted molar refractivity (Wildman–Crippen MR) is 134 cm³/mol. The van der Waals surface area contributed by atoms with Crippen LogP contribution in [-0.4, -0.2) is 0 Å².